The van der Waals surface area contributed by atoms with E-state index in [-0.39, 0.29) is 18.3 Å². The topological polar surface area (TPSA) is 93.5 Å². The van der Waals surface area contributed by atoms with E-state index in [4.69, 9.17) is 4.74 Å². The number of nitrogens with one attached hydrogen (secondary N) is 1. The van der Waals surface area contributed by atoms with Gasteiger partial charge in [-0.25, -0.2) is 4.79 Å². The summed E-state index contributed by atoms with van der Waals surface area (Å²) in [4.78, 5) is 26.7. The number of aromatic nitrogens is 2. The summed E-state index contributed by atoms with van der Waals surface area (Å²) in [6.45, 7) is 4.75. The van der Waals surface area contributed by atoms with Gasteiger partial charge in [0.1, 0.15) is 11.4 Å². The maximum atomic E-state index is 12.0. The summed E-state index contributed by atoms with van der Waals surface area (Å²) in [6.07, 6.45) is 6.31. The molecule has 1 aliphatic rings. The van der Waals surface area contributed by atoms with Crippen molar-refractivity contribution in [2.24, 2.45) is 0 Å². The van der Waals surface area contributed by atoms with Gasteiger partial charge in [-0.2, -0.15) is 4.98 Å². The number of carbonyl (C=O) groups is 1. The Labute approximate surface area is 121 Å². The summed E-state index contributed by atoms with van der Waals surface area (Å²) >= 11 is 0. The van der Waals surface area contributed by atoms with Crippen molar-refractivity contribution in [2.45, 2.75) is 25.2 Å². The number of amides is 1. The molecule has 2 N–H and O–H groups in total. The molecule has 0 fully saturated rings. The molecule has 2 heterocycles. The summed E-state index contributed by atoms with van der Waals surface area (Å²) in [5.41, 5.74) is -1.41. The van der Waals surface area contributed by atoms with Crippen LogP contribution in [-0.4, -0.2) is 32.8 Å². The van der Waals surface area contributed by atoms with Crippen LogP contribution in [0.5, 0.6) is 0 Å². The van der Waals surface area contributed by atoms with Crippen molar-refractivity contribution >= 4 is 11.7 Å². The van der Waals surface area contributed by atoms with E-state index in [1.807, 2.05) is 0 Å². The molecular weight excluding hydrogens is 274 g/mol. The van der Waals surface area contributed by atoms with Crippen LogP contribution in [-0.2, 0) is 9.53 Å². The third kappa shape index (κ3) is 3.26. The first kappa shape index (κ1) is 15.1. The fourth-order valence-electron chi connectivity index (χ4n) is 2.10. The van der Waals surface area contributed by atoms with Crippen LogP contribution in [0, 0.1) is 0 Å². The van der Waals surface area contributed by atoms with Crippen LogP contribution in [0.15, 0.2) is 41.9 Å². The Morgan fingerprint density at radius 3 is 3.05 bits per heavy atom. The maximum Gasteiger partial charge on any atom is 0.351 e. The van der Waals surface area contributed by atoms with E-state index in [2.05, 4.69) is 16.9 Å². The summed E-state index contributed by atoms with van der Waals surface area (Å²) in [5, 5.41) is 11.9. The second-order valence-electron chi connectivity index (χ2n) is 4.77. The zero-order valence-electron chi connectivity index (χ0n) is 11.7. The number of aliphatic hydroxyl groups excluding tert-OH is 1. The third-order valence-corrected chi connectivity index (χ3v) is 3.09. The van der Waals surface area contributed by atoms with Crippen molar-refractivity contribution in [1.29, 1.82) is 0 Å². The summed E-state index contributed by atoms with van der Waals surface area (Å²) in [6, 6.07) is 1.51. The number of anilines is 1. The number of aliphatic hydroxyl groups is 1. The van der Waals surface area contributed by atoms with Crippen LogP contribution >= 0.6 is 0 Å². The van der Waals surface area contributed by atoms with E-state index in [0.29, 0.717) is 6.42 Å². The predicted molar refractivity (Wildman–Crippen MR) is 76.7 cm³/mol. The molecule has 112 valence electrons. The van der Waals surface area contributed by atoms with Gasteiger partial charge in [0.25, 0.3) is 0 Å². The molecule has 1 amide bonds. The van der Waals surface area contributed by atoms with Gasteiger partial charge in [0.15, 0.2) is 6.23 Å². The second kappa shape index (κ2) is 6.02. The first-order valence-electron chi connectivity index (χ1n) is 6.45. The minimum absolute atomic E-state index is 0.185. The third-order valence-electron chi connectivity index (χ3n) is 3.09. The lowest BCUT2D eigenvalue weighted by Gasteiger charge is -2.26. The molecular formula is C14H17N3O4. The Hall–Kier alpha value is -2.25. The fraction of sp³-hybridized carbons (Fsp3) is 0.357. The predicted octanol–water partition coefficient (Wildman–Crippen LogP) is 0.594. The lowest BCUT2D eigenvalue weighted by molar-refractivity contribution is -0.114. The van der Waals surface area contributed by atoms with Crippen molar-refractivity contribution in [3.8, 4) is 0 Å². The highest BCUT2D eigenvalue weighted by atomic mass is 16.5. The summed E-state index contributed by atoms with van der Waals surface area (Å²) in [5.74, 6) is -0.118. The van der Waals surface area contributed by atoms with Crippen molar-refractivity contribution in [3.63, 3.8) is 0 Å². The molecule has 0 saturated carbocycles. The van der Waals surface area contributed by atoms with Gasteiger partial charge in [0.2, 0.25) is 5.91 Å². The molecule has 0 unspecified atom stereocenters. The van der Waals surface area contributed by atoms with E-state index in [1.165, 1.54) is 23.8 Å². The lowest BCUT2D eigenvalue weighted by atomic mass is 10.0. The first-order valence-corrected chi connectivity index (χ1v) is 6.45. The minimum atomic E-state index is -0.859. The number of rotatable bonds is 5. The molecule has 2 atom stereocenters. The van der Waals surface area contributed by atoms with Gasteiger partial charge < -0.3 is 15.2 Å². The van der Waals surface area contributed by atoms with Gasteiger partial charge in [-0.05, 0) is 18.2 Å². The van der Waals surface area contributed by atoms with Crippen molar-refractivity contribution in [2.75, 3.05) is 11.9 Å². The SMILES string of the molecule is C=CC[C@@]1(CO)C=C[C@H](n2ccc(NC(C)=O)nc2=O)O1. The lowest BCUT2D eigenvalue weighted by Crippen LogP contribution is -2.35. The average Bonchev–Trinajstić information content (AvgIpc) is 2.83. The Morgan fingerprint density at radius 1 is 1.71 bits per heavy atom. The van der Waals surface area contributed by atoms with Crippen LogP contribution in [0.1, 0.15) is 19.6 Å². The van der Waals surface area contributed by atoms with Gasteiger partial charge in [0.05, 0.1) is 6.61 Å². The van der Waals surface area contributed by atoms with Crippen LogP contribution in [0.25, 0.3) is 0 Å². The number of nitrogens with zero attached hydrogens (tertiary/aromatic N) is 2. The van der Waals surface area contributed by atoms with Crippen molar-refractivity contribution < 1.29 is 14.6 Å². The Morgan fingerprint density at radius 2 is 2.48 bits per heavy atom. The quantitative estimate of drug-likeness (QED) is 0.775. The molecule has 1 aliphatic heterocycles. The highest BCUT2D eigenvalue weighted by Crippen LogP contribution is 2.31. The number of hydrogen-bond donors (Lipinski definition) is 2. The van der Waals surface area contributed by atoms with Crippen LogP contribution in [0.4, 0.5) is 5.82 Å². The number of hydrogen-bond acceptors (Lipinski definition) is 5. The minimum Gasteiger partial charge on any atom is -0.393 e. The van der Waals surface area contributed by atoms with E-state index in [1.54, 1.807) is 18.2 Å². The molecule has 0 radical (unpaired) electrons. The van der Waals surface area contributed by atoms with Gasteiger partial charge in [-0.1, -0.05) is 6.08 Å². The monoisotopic (exact) mass is 291 g/mol. The molecule has 7 nitrogen and oxygen atoms in total. The molecule has 21 heavy (non-hydrogen) atoms. The molecule has 0 saturated heterocycles. The molecule has 0 aliphatic carbocycles. The van der Waals surface area contributed by atoms with Crippen LogP contribution in [0.3, 0.4) is 0 Å². The molecule has 7 heteroatoms. The molecule has 1 aromatic rings. The Bertz CT molecular complexity index is 637. The van der Waals surface area contributed by atoms with E-state index in [9.17, 15) is 14.7 Å². The summed E-state index contributed by atoms with van der Waals surface area (Å²) in [7, 11) is 0. The second-order valence-corrected chi connectivity index (χ2v) is 4.77. The van der Waals surface area contributed by atoms with Gasteiger partial charge in [-0.15, -0.1) is 6.58 Å². The zero-order valence-corrected chi connectivity index (χ0v) is 11.7. The van der Waals surface area contributed by atoms with Gasteiger partial charge >= 0.3 is 5.69 Å². The molecule has 2 rings (SSSR count). The molecule has 0 spiro atoms. The standard InChI is InChI=1S/C14H17N3O4/c1-3-6-14(9-18)7-4-12(21-14)17-8-5-11(15-10(2)19)16-13(17)20/h3-5,7-8,12,18H,1,6,9H2,2H3,(H,15,16,19,20)/t12-,14+/m1/s1. The van der Waals surface area contributed by atoms with Crippen molar-refractivity contribution in [3.05, 3.63) is 47.6 Å². The smallest absolute Gasteiger partial charge is 0.351 e. The molecule has 0 bridgehead atoms. The summed E-state index contributed by atoms with van der Waals surface area (Å²) < 4.78 is 7.01. The van der Waals surface area contributed by atoms with E-state index >= 15 is 0 Å². The van der Waals surface area contributed by atoms with Gasteiger partial charge in [0, 0.05) is 19.5 Å². The largest absolute Gasteiger partial charge is 0.393 e. The zero-order chi connectivity index (χ0) is 15.5. The average molecular weight is 291 g/mol. The molecule has 1 aromatic heterocycles. The van der Waals surface area contributed by atoms with Crippen LogP contribution < -0.4 is 11.0 Å². The molecule has 0 aromatic carbocycles. The highest BCUT2D eigenvalue weighted by molar-refractivity contribution is 5.87. The highest BCUT2D eigenvalue weighted by Gasteiger charge is 2.35. The normalized spacial score (nSPS) is 24.0. The maximum absolute atomic E-state index is 12.0. The van der Waals surface area contributed by atoms with Crippen LogP contribution in [0.2, 0.25) is 0 Å². The van der Waals surface area contributed by atoms with E-state index < -0.39 is 17.5 Å². The fourth-order valence-corrected chi connectivity index (χ4v) is 2.10. The Kier molecular flexibility index (Phi) is 4.35. The number of ether oxygens (including phenoxy) is 1. The first-order chi connectivity index (χ1) is 9.99. The van der Waals surface area contributed by atoms with Crippen molar-refractivity contribution in [1.82, 2.24) is 9.55 Å². The Balaban J connectivity index is 2.21. The van der Waals surface area contributed by atoms with Gasteiger partial charge in [-0.3, -0.25) is 9.36 Å². The number of carbonyl (C=O) groups excluding carboxylic acids is 1. The van der Waals surface area contributed by atoms with E-state index in [0.717, 1.165) is 0 Å².